The van der Waals surface area contributed by atoms with Crippen LogP contribution in [0, 0.1) is 0 Å². The Morgan fingerprint density at radius 3 is 0.875 bits per heavy atom. The average Bonchev–Trinajstić information content (AvgIpc) is 3.16. The molecule has 6 rings (SSSR count). The SMILES string of the molecule is C[S+]([O-])COC(COC(c1ccccc1)(c1ccccc1)c1ccccc1)COC(c1ccccc1)(c1ccccc1)c1ccccc1. The molecular weight excluding hydrogens is 613 g/mol. The van der Waals surface area contributed by atoms with E-state index in [1.807, 2.05) is 109 Å². The van der Waals surface area contributed by atoms with E-state index in [1.54, 1.807) is 6.26 Å². The van der Waals surface area contributed by atoms with Crippen LogP contribution in [0.25, 0.3) is 0 Å². The zero-order valence-electron chi connectivity index (χ0n) is 27.1. The summed E-state index contributed by atoms with van der Waals surface area (Å²) in [5.41, 5.74) is 4.09. The Kier molecular flexibility index (Phi) is 11.2. The van der Waals surface area contributed by atoms with E-state index < -0.39 is 28.5 Å². The molecule has 0 spiro atoms. The Bertz CT molecular complexity index is 1460. The quantitative estimate of drug-likeness (QED) is 0.0823. The van der Waals surface area contributed by atoms with Gasteiger partial charge >= 0.3 is 0 Å². The zero-order valence-corrected chi connectivity index (χ0v) is 27.9. The zero-order chi connectivity index (χ0) is 33.1. The molecule has 0 saturated carbocycles. The molecule has 0 saturated heterocycles. The summed E-state index contributed by atoms with van der Waals surface area (Å²) >= 11 is -1.18. The monoisotopic (exact) mass is 652 g/mol. The van der Waals surface area contributed by atoms with E-state index in [-0.39, 0.29) is 19.2 Å². The van der Waals surface area contributed by atoms with Gasteiger partial charge in [0.25, 0.3) is 0 Å². The fourth-order valence-electron chi connectivity index (χ4n) is 6.31. The van der Waals surface area contributed by atoms with Gasteiger partial charge in [0.1, 0.15) is 17.3 Å². The highest BCUT2D eigenvalue weighted by Crippen LogP contribution is 2.42. The first-order chi connectivity index (χ1) is 23.6. The number of hydrogen-bond donors (Lipinski definition) is 0. The highest BCUT2D eigenvalue weighted by Gasteiger charge is 2.41. The molecule has 0 heterocycles. The van der Waals surface area contributed by atoms with Crippen molar-refractivity contribution in [2.45, 2.75) is 17.3 Å². The Morgan fingerprint density at radius 1 is 0.438 bits per heavy atom. The molecule has 0 amide bonds. The van der Waals surface area contributed by atoms with Crippen LogP contribution < -0.4 is 0 Å². The van der Waals surface area contributed by atoms with Crippen molar-refractivity contribution in [3.05, 3.63) is 215 Å². The maximum Gasteiger partial charge on any atom is 0.205 e. The van der Waals surface area contributed by atoms with Crippen LogP contribution in [0.15, 0.2) is 182 Å². The van der Waals surface area contributed by atoms with Gasteiger partial charge in [-0.1, -0.05) is 182 Å². The lowest BCUT2D eigenvalue weighted by Crippen LogP contribution is -2.41. The minimum absolute atomic E-state index is 0.0570. The molecule has 0 radical (unpaired) electrons. The van der Waals surface area contributed by atoms with Gasteiger partial charge in [0.05, 0.1) is 19.5 Å². The molecule has 0 aromatic heterocycles. The van der Waals surface area contributed by atoms with Crippen LogP contribution in [0.4, 0.5) is 0 Å². The average molecular weight is 653 g/mol. The Morgan fingerprint density at radius 2 is 0.667 bits per heavy atom. The molecule has 5 heteroatoms. The minimum Gasteiger partial charge on any atom is -0.615 e. The lowest BCUT2D eigenvalue weighted by atomic mass is 9.80. The second kappa shape index (κ2) is 16.1. The second-order valence-corrected chi connectivity index (χ2v) is 13.0. The van der Waals surface area contributed by atoms with Gasteiger partial charge in [-0.25, -0.2) is 0 Å². The molecule has 6 aromatic rings. The molecule has 0 aliphatic heterocycles. The summed E-state index contributed by atoms with van der Waals surface area (Å²) in [5, 5.41) is 0. The van der Waals surface area contributed by atoms with Crippen molar-refractivity contribution in [3.63, 3.8) is 0 Å². The topological polar surface area (TPSA) is 50.8 Å². The van der Waals surface area contributed by atoms with E-state index in [2.05, 4.69) is 72.8 Å². The Hall–Kier alpha value is -4.49. The van der Waals surface area contributed by atoms with Gasteiger partial charge < -0.3 is 18.8 Å². The van der Waals surface area contributed by atoms with Crippen LogP contribution >= 0.6 is 0 Å². The van der Waals surface area contributed by atoms with Gasteiger partial charge in [0, 0.05) is 0 Å². The third kappa shape index (κ3) is 7.31. The van der Waals surface area contributed by atoms with E-state index in [4.69, 9.17) is 14.2 Å². The van der Waals surface area contributed by atoms with E-state index in [0.717, 1.165) is 33.4 Å². The summed E-state index contributed by atoms with van der Waals surface area (Å²) in [5.74, 6) is 0.0570. The molecule has 0 fully saturated rings. The fourth-order valence-corrected chi connectivity index (χ4v) is 6.69. The normalized spacial score (nSPS) is 12.6. The second-order valence-electron chi connectivity index (χ2n) is 11.7. The van der Waals surface area contributed by atoms with E-state index in [0.29, 0.717) is 0 Å². The molecular formula is C43H40O4S. The van der Waals surface area contributed by atoms with Gasteiger partial charge in [-0.3, -0.25) is 0 Å². The largest absolute Gasteiger partial charge is 0.615 e. The number of ether oxygens (including phenoxy) is 3. The van der Waals surface area contributed by atoms with E-state index >= 15 is 0 Å². The van der Waals surface area contributed by atoms with Crippen molar-refractivity contribution in [1.82, 2.24) is 0 Å². The van der Waals surface area contributed by atoms with Crippen LogP contribution in [0.5, 0.6) is 0 Å². The summed E-state index contributed by atoms with van der Waals surface area (Å²) in [4.78, 5) is 0. The lowest BCUT2D eigenvalue weighted by Gasteiger charge is -2.39. The maximum atomic E-state index is 12.4. The van der Waals surface area contributed by atoms with Crippen molar-refractivity contribution in [2.75, 3.05) is 25.4 Å². The third-order valence-corrected chi connectivity index (χ3v) is 8.99. The molecule has 1 atom stereocenters. The number of hydrogen-bond acceptors (Lipinski definition) is 4. The third-order valence-electron chi connectivity index (χ3n) is 8.52. The summed E-state index contributed by atoms with van der Waals surface area (Å²) < 4.78 is 33.1. The molecule has 1 unspecified atom stereocenters. The molecule has 0 N–H and O–H groups in total. The van der Waals surface area contributed by atoms with Crippen molar-refractivity contribution in [3.8, 4) is 0 Å². The van der Waals surface area contributed by atoms with Crippen molar-refractivity contribution < 1.29 is 18.8 Å². The predicted octanol–water partition coefficient (Wildman–Crippen LogP) is 8.73. The standard InChI is InChI=1S/C43H40O4S/c1-48(44)34-45-41(32-46-42(35-20-8-2-9-21-35,36-22-10-3-11-23-36)37-24-12-4-13-25-37)33-47-43(38-26-14-5-15-27-38,39-28-16-6-17-29-39)40-30-18-7-19-31-40/h2-31,41H,32-34H2,1H3. The van der Waals surface area contributed by atoms with E-state index in [9.17, 15) is 4.55 Å². The summed E-state index contributed by atoms with van der Waals surface area (Å²) in [7, 11) is 0. The molecule has 242 valence electrons. The van der Waals surface area contributed by atoms with Gasteiger partial charge in [0.15, 0.2) is 0 Å². The first-order valence-electron chi connectivity index (χ1n) is 16.2. The van der Waals surface area contributed by atoms with E-state index in [1.165, 1.54) is 0 Å². The van der Waals surface area contributed by atoms with Crippen LogP contribution in [0.1, 0.15) is 33.4 Å². The minimum atomic E-state index is -1.18. The van der Waals surface area contributed by atoms with Gasteiger partial charge in [-0.05, 0) is 44.6 Å². The molecule has 4 nitrogen and oxygen atoms in total. The van der Waals surface area contributed by atoms with Crippen LogP contribution in [-0.2, 0) is 36.6 Å². The first kappa shape index (κ1) is 33.4. The van der Waals surface area contributed by atoms with Crippen LogP contribution in [-0.4, -0.2) is 36.1 Å². The smallest absolute Gasteiger partial charge is 0.205 e. The van der Waals surface area contributed by atoms with Crippen molar-refractivity contribution in [1.29, 1.82) is 0 Å². The Balaban J connectivity index is 1.42. The molecule has 0 aliphatic carbocycles. The van der Waals surface area contributed by atoms with Crippen molar-refractivity contribution >= 4 is 11.2 Å². The highest BCUT2D eigenvalue weighted by atomic mass is 32.2. The van der Waals surface area contributed by atoms with Gasteiger partial charge in [-0.15, -0.1) is 0 Å². The maximum absolute atomic E-state index is 12.4. The summed E-state index contributed by atoms with van der Waals surface area (Å²) in [6.45, 7) is 0.342. The van der Waals surface area contributed by atoms with Crippen molar-refractivity contribution in [2.24, 2.45) is 0 Å². The summed E-state index contributed by atoms with van der Waals surface area (Å²) in [6, 6.07) is 61.6. The molecule has 0 aliphatic rings. The fraction of sp³-hybridized carbons (Fsp3) is 0.163. The molecule has 48 heavy (non-hydrogen) atoms. The van der Waals surface area contributed by atoms with Gasteiger partial charge in [0.2, 0.25) is 5.94 Å². The Labute approximate surface area is 287 Å². The molecule has 0 bridgehead atoms. The molecule has 6 aromatic carbocycles. The van der Waals surface area contributed by atoms with Gasteiger partial charge in [-0.2, -0.15) is 0 Å². The van der Waals surface area contributed by atoms with Crippen LogP contribution in [0.2, 0.25) is 0 Å². The van der Waals surface area contributed by atoms with Crippen LogP contribution in [0.3, 0.4) is 0 Å². The summed E-state index contributed by atoms with van der Waals surface area (Å²) in [6.07, 6.45) is 1.09. The lowest BCUT2D eigenvalue weighted by molar-refractivity contribution is -0.104. The first-order valence-corrected chi connectivity index (χ1v) is 17.9. The number of rotatable bonds is 15. The number of benzene rings is 6. The predicted molar refractivity (Wildman–Crippen MR) is 194 cm³/mol. The highest BCUT2D eigenvalue weighted by molar-refractivity contribution is 7.90.